The molecule has 0 aromatic carbocycles. The van der Waals surface area contributed by atoms with Crippen LogP contribution in [0.25, 0.3) is 0 Å². The Bertz CT molecular complexity index is 1520. The second kappa shape index (κ2) is 53.3. The molecule has 0 aromatic heterocycles. The SMILES string of the molecule is CCCCC/C=C\C/C=C\CCCCCCCCCCCC(=O)OCC(COC1OC(C(=O)O)C(O)C(O)C1OC(=O)CCCCCCC/C=C\C/C=C\CCCCC)OC(=O)CCCCCCCCCCCCCCC. The highest BCUT2D eigenvalue weighted by Crippen LogP contribution is 2.27. The molecule has 12 nitrogen and oxygen atoms in total. The van der Waals surface area contributed by atoms with Gasteiger partial charge in [-0.25, -0.2) is 4.79 Å². The van der Waals surface area contributed by atoms with E-state index in [1.165, 1.54) is 135 Å². The van der Waals surface area contributed by atoms with Gasteiger partial charge in [0, 0.05) is 19.3 Å². The lowest BCUT2D eigenvalue weighted by Gasteiger charge is -2.40. The van der Waals surface area contributed by atoms with Crippen LogP contribution >= 0.6 is 0 Å². The number of carboxylic acid groups (broad SMARTS) is 1. The van der Waals surface area contributed by atoms with Crippen molar-refractivity contribution in [2.24, 2.45) is 0 Å². The zero-order chi connectivity index (χ0) is 56.1. The second-order valence-electron chi connectivity index (χ2n) is 21.7. The second-order valence-corrected chi connectivity index (χ2v) is 21.7. The predicted molar refractivity (Wildman–Crippen MR) is 312 cm³/mol. The number of hydrogen-bond donors (Lipinski definition) is 3. The van der Waals surface area contributed by atoms with Gasteiger partial charge in [0.25, 0.3) is 0 Å². The number of carbonyl (C=O) groups excluding carboxylic acids is 3. The Balaban J connectivity index is 2.65. The van der Waals surface area contributed by atoms with E-state index in [4.69, 9.17) is 23.7 Å². The fraction of sp³-hybridized carbons (Fsp3) is 0.815. The molecule has 0 aliphatic carbocycles. The zero-order valence-corrected chi connectivity index (χ0v) is 49.2. The average Bonchev–Trinajstić information content (AvgIpc) is 3.42. The van der Waals surface area contributed by atoms with E-state index in [1.54, 1.807) is 0 Å². The lowest BCUT2D eigenvalue weighted by molar-refractivity contribution is -0.301. The average molecular weight is 1090 g/mol. The zero-order valence-electron chi connectivity index (χ0n) is 49.2. The number of aliphatic carboxylic acids is 1. The van der Waals surface area contributed by atoms with E-state index < -0.39 is 67.3 Å². The molecule has 0 aromatic rings. The van der Waals surface area contributed by atoms with Crippen molar-refractivity contribution in [1.29, 1.82) is 0 Å². The fourth-order valence-electron chi connectivity index (χ4n) is 9.49. The number of unbranched alkanes of at least 4 members (excludes halogenated alkanes) is 32. The predicted octanol–water partition coefficient (Wildman–Crippen LogP) is 16.6. The van der Waals surface area contributed by atoms with E-state index in [0.717, 1.165) is 96.3 Å². The number of ether oxygens (including phenoxy) is 5. The maximum atomic E-state index is 13.2. The van der Waals surface area contributed by atoms with Crippen LogP contribution in [-0.2, 0) is 42.9 Å². The van der Waals surface area contributed by atoms with Crippen LogP contribution in [0.1, 0.15) is 290 Å². The van der Waals surface area contributed by atoms with Gasteiger partial charge in [-0.1, -0.05) is 236 Å². The van der Waals surface area contributed by atoms with Crippen molar-refractivity contribution in [3.05, 3.63) is 48.6 Å². The Morgan fingerprint density at radius 2 is 0.779 bits per heavy atom. The molecule has 1 aliphatic rings. The Morgan fingerprint density at radius 1 is 0.429 bits per heavy atom. The molecule has 3 N–H and O–H groups in total. The molecule has 0 radical (unpaired) electrons. The molecule has 1 aliphatic heterocycles. The summed E-state index contributed by atoms with van der Waals surface area (Å²) in [7, 11) is 0. The number of allylic oxidation sites excluding steroid dienone is 8. The molecule has 1 heterocycles. The number of carboxylic acids is 1. The third kappa shape index (κ3) is 43.2. The number of carbonyl (C=O) groups is 4. The minimum Gasteiger partial charge on any atom is -0.479 e. The first kappa shape index (κ1) is 71.7. The first-order valence-electron chi connectivity index (χ1n) is 31.6. The molecule has 0 spiro atoms. The van der Waals surface area contributed by atoms with Crippen molar-refractivity contribution in [3.8, 4) is 0 Å². The summed E-state index contributed by atoms with van der Waals surface area (Å²) in [5.41, 5.74) is 0. The van der Waals surface area contributed by atoms with Crippen LogP contribution in [0, 0.1) is 0 Å². The van der Waals surface area contributed by atoms with E-state index >= 15 is 0 Å². The van der Waals surface area contributed by atoms with Crippen molar-refractivity contribution < 1.29 is 58.2 Å². The molecule has 0 amide bonds. The van der Waals surface area contributed by atoms with E-state index in [-0.39, 0.29) is 25.9 Å². The largest absolute Gasteiger partial charge is 0.479 e. The third-order valence-corrected chi connectivity index (χ3v) is 14.4. The van der Waals surface area contributed by atoms with Gasteiger partial charge in [0.05, 0.1) is 6.61 Å². The molecule has 0 bridgehead atoms. The van der Waals surface area contributed by atoms with Gasteiger partial charge in [-0.05, 0) is 83.5 Å². The van der Waals surface area contributed by atoms with Gasteiger partial charge in [0.1, 0.15) is 18.8 Å². The highest BCUT2D eigenvalue weighted by molar-refractivity contribution is 5.74. The highest BCUT2D eigenvalue weighted by Gasteiger charge is 2.50. The van der Waals surface area contributed by atoms with Crippen molar-refractivity contribution >= 4 is 23.9 Å². The van der Waals surface area contributed by atoms with Crippen molar-refractivity contribution in [2.45, 2.75) is 327 Å². The lowest BCUT2D eigenvalue weighted by Crippen LogP contribution is -2.61. The van der Waals surface area contributed by atoms with Crippen molar-refractivity contribution in [3.63, 3.8) is 0 Å². The molecule has 6 unspecified atom stereocenters. The van der Waals surface area contributed by atoms with Crippen LogP contribution in [0.15, 0.2) is 48.6 Å². The molecule has 0 saturated carbocycles. The van der Waals surface area contributed by atoms with Crippen LogP contribution < -0.4 is 0 Å². The number of aliphatic hydroxyl groups is 2. The van der Waals surface area contributed by atoms with Crippen LogP contribution in [0.5, 0.6) is 0 Å². The number of esters is 3. The van der Waals surface area contributed by atoms with Crippen LogP contribution in [0.4, 0.5) is 0 Å². The highest BCUT2D eigenvalue weighted by atomic mass is 16.7. The van der Waals surface area contributed by atoms with Gasteiger partial charge in [0.2, 0.25) is 0 Å². The minimum absolute atomic E-state index is 0.0461. The quantitative estimate of drug-likeness (QED) is 0.0228. The third-order valence-electron chi connectivity index (χ3n) is 14.4. The summed E-state index contributed by atoms with van der Waals surface area (Å²) in [6, 6.07) is 0. The van der Waals surface area contributed by atoms with Crippen LogP contribution in [0.2, 0.25) is 0 Å². The molecular formula is C65H114O12. The molecule has 77 heavy (non-hydrogen) atoms. The van der Waals surface area contributed by atoms with E-state index in [1.807, 2.05) is 0 Å². The molecule has 1 fully saturated rings. The standard InChI is InChI=1S/C65H114O12/c1-4-7-10-13-16-19-22-25-27-28-29-30-32-34-36-39-42-45-48-51-57(66)73-54-56(75-58(67)52-49-46-43-40-37-33-24-21-18-15-12-9-6-3)55-74-65-63(61(70)60(69)62(77-65)64(71)72)76-59(68)53-50-47-44-41-38-35-31-26-23-20-17-14-11-8-5-2/h16-17,19-20,25-27,31,56,60-63,65,69-70H,4-15,18,21-24,28-30,32-55H2,1-3H3,(H,71,72)/b19-16-,20-17-,27-25-,31-26-. The summed E-state index contributed by atoms with van der Waals surface area (Å²) in [5, 5.41) is 31.5. The normalized spacial score (nSPS) is 18.3. The fourth-order valence-corrected chi connectivity index (χ4v) is 9.49. The molecule has 12 heteroatoms. The molecule has 1 saturated heterocycles. The first-order chi connectivity index (χ1) is 37.6. The van der Waals surface area contributed by atoms with Gasteiger partial charge in [0.15, 0.2) is 24.6 Å². The van der Waals surface area contributed by atoms with E-state index in [2.05, 4.69) is 69.4 Å². The monoisotopic (exact) mass is 1090 g/mol. The Hall–Kier alpha value is -3.32. The number of hydrogen-bond acceptors (Lipinski definition) is 11. The van der Waals surface area contributed by atoms with Crippen molar-refractivity contribution in [2.75, 3.05) is 13.2 Å². The lowest BCUT2D eigenvalue weighted by atomic mass is 9.98. The topological polar surface area (TPSA) is 175 Å². The summed E-state index contributed by atoms with van der Waals surface area (Å²) in [5.74, 6) is -3.12. The van der Waals surface area contributed by atoms with Gasteiger partial charge in [-0.15, -0.1) is 0 Å². The van der Waals surface area contributed by atoms with Crippen LogP contribution in [0.3, 0.4) is 0 Å². The summed E-state index contributed by atoms with van der Waals surface area (Å²) < 4.78 is 28.5. The van der Waals surface area contributed by atoms with Gasteiger partial charge < -0.3 is 39.0 Å². The summed E-state index contributed by atoms with van der Waals surface area (Å²) in [6.07, 6.45) is 52.1. The molecular weight excluding hydrogens is 973 g/mol. The smallest absolute Gasteiger partial charge is 0.335 e. The maximum Gasteiger partial charge on any atom is 0.335 e. The van der Waals surface area contributed by atoms with E-state index in [9.17, 15) is 34.5 Å². The summed E-state index contributed by atoms with van der Waals surface area (Å²) in [4.78, 5) is 51.2. The van der Waals surface area contributed by atoms with E-state index in [0.29, 0.717) is 19.3 Å². The van der Waals surface area contributed by atoms with Gasteiger partial charge >= 0.3 is 23.9 Å². The number of rotatable bonds is 54. The molecule has 6 atom stereocenters. The maximum absolute atomic E-state index is 13.2. The minimum atomic E-state index is -1.91. The Kier molecular flexibility index (Phi) is 49.7. The van der Waals surface area contributed by atoms with Crippen LogP contribution in [-0.4, -0.2) is 89.2 Å². The molecule has 446 valence electrons. The Morgan fingerprint density at radius 3 is 1.19 bits per heavy atom. The first-order valence-corrected chi connectivity index (χ1v) is 31.6. The van der Waals surface area contributed by atoms with Gasteiger partial charge in [-0.2, -0.15) is 0 Å². The Labute approximate surface area is 469 Å². The van der Waals surface area contributed by atoms with Gasteiger partial charge in [-0.3, -0.25) is 14.4 Å². The number of aliphatic hydroxyl groups excluding tert-OH is 2. The summed E-state index contributed by atoms with van der Waals surface area (Å²) in [6.45, 7) is 5.96. The molecule has 1 rings (SSSR count). The summed E-state index contributed by atoms with van der Waals surface area (Å²) >= 11 is 0. The van der Waals surface area contributed by atoms with Crippen molar-refractivity contribution in [1.82, 2.24) is 0 Å².